The second-order valence-corrected chi connectivity index (χ2v) is 7.90. The van der Waals surface area contributed by atoms with Crippen LogP contribution in [0.3, 0.4) is 0 Å². The Hall–Kier alpha value is -3.36. The molecule has 1 aliphatic heterocycles. The van der Waals surface area contributed by atoms with Crippen LogP contribution in [0.1, 0.15) is 41.3 Å². The molecule has 0 aliphatic carbocycles. The van der Waals surface area contributed by atoms with Gasteiger partial charge in [0.25, 0.3) is 0 Å². The van der Waals surface area contributed by atoms with Crippen molar-refractivity contribution in [3.8, 4) is 5.75 Å². The van der Waals surface area contributed by atoms with Crippen LogP contribution in [0.4, 0.5) is 13.2 Å². The molecule has 168 valence electrons. The maximum atomic E-state index is 13.1. The highest BCUT2D eigenvalue weighted by molar-refractivity contribution is 5.92. The number of halogens is 3. The maximum Gasteiger partial charge on any atom is 0.417 e. The van der Waals surface area contributed by atoms with Crippen LogP contribution >= 0.6 is 0 Å². The molecule has 0 saturated carbocycles. The summed E-state index contributed by atoms with van der Waals surface area (Å²) in [6.45, 7) is 2.90. The van der Waals surface area contributed by atoms with Crippen molar-refractivity contribution in [1.82, 2.24) is 19.5 Å². The minimum absolute atomic E-state index is 0.164. The fraction of sp³-hybridized carbons (Fsp3) is 0.348. The van der Waals surface area contributed by atoms with Crippen LogP contribution in [0.2, 0.25) is 0 Å². The van der Waals surface area contributed by atoms with E-state index < -0.39 is 11.7 Å². The molecule has 0 unspecified atom stereocenters. The largest absolute Gasteiger partial charge is 0.496 e. The molecule has 0 N–H and O–H groups in total. The molecule has 1 saturated heterocycles. The zero-order valence-electron chi connectivity index (χ0n) is 17.8. The molecular formula is C23H23F3N4O2. The summed E-state index contributed by atoms with van der Waals surface area (Å²) in [6, 6.07) is 8.02. The third-order valence-corrected chi connectivity index (χ3v) is 5.64. The molecule has 1 amide bonds. The number of carbonyl (C=O) groups excluding carboxylic acids is 1. The van der Waals surface area contributed by atoms with Crippen molar-refractivity contribution >= 4 is 17.6 Å². The molecule has 0 bridgehead atoms. The maximum absolute atomic E-state index is 13.1. The number of amides is 1. The van der Waals surface area contributed by atoms with Crippen molar-refractivity contribution in [1.29, 1.82) is 0 Å². The molecule has 4 rings (SSSR count). The Bertz CT molecular complexity index is 1170. The predicted octanol–water partition coefficient (Wildman–Crippen LogP) is 4.48. The number of aromatic nitrogens is 3. The van der Waals surface area contributed by atoms with Gasteiger partial charge in [0.15, 0.2) is 5.65 Å². The predicted molar refractivity (Wildman–Crippen MR) is 113 cm³/mol. The number of methoxy groups -OCH3 is 1. The fourth-order valence-corrected chi connectivity index (χ4v) is 3.99. The quantitative estimate of drug-likeness (QED) is 0.557. The summed E-state index contributed by atoms with van der Waals surface area (Å²) >= 11 is 0. The van der Waals surface area contributed by atoms with Gasteiger partial charge in [-0.1, -0.05) is 11.6 Å². The molecule has 3 aromatic rings. The van der Waals surface area contributed by atoms with Crippen LogP contribution in [0.15, 0.2) is 42.6 Å². The van der Waals surface area contributed by atoms with Gasteiger partial charge in [0.05, 0.1) is 12.7 Å². The minimum Gasteiger partial charge on any atom is -0.496 e. The van der Waals surface area contributed by atoms with Crippen LogP contribution in [0.5, 0.6) is 5.75 Å². The molecule has 1 atom stereocenters. The van der Waals surface area contributed by atoms with Gasteiger partial charge in [-0.25, -0.2) is 0 Å². The van der Waals surface area contributed by atoms with E-state index in [-0.39, 0.29) is 11.8 Å². The lowest BCUT2D eigenvalue weighted by Crippen LogP contribution is -2.38. The Morgan fingerprint density at radius 1 is 1.22 bits per heavy atom. The van der Waals surface area contributed by atoms with Crippen molar-refractivity contribution in [2.75, 3.05) is 20.2 Å². The smallest absolute Gasteiger partial charge is 0.417 e. The number of hydrogen-bond acceptors (Lipinski definition) is 4. The number of ether oxygens (including phenoxy) is 1. The number of pyridine rings is 1. The van der Waals surface area contributed by atoms with Gasteiger partial charge in [-0.3, -0.25) is 9.20 Å². The Labute approximate surface area is 183 Å². The van der Waals surface area contributed by atoms with Crippen LogP contribution in [-0.2, 0) is 11.0 Å². The fourth-order valence-electron chi connectivity index (χ4n) is 3.99. The number of aryl methyl sites for hydroxylation is 1. The zero-order valence-corrected chi connectivity index (χ0v) is 17.8. The highest BCUT2D eigenvalue weighted by Gasteiger charge is 2.32. The molecule has 6 nitrogen and oxygen atoms in total. The molecule has 9 heteroatoms. The van der Waals surface area contributed by atoms with E-state index in [1.54, 1.807) is 18.1 Å². The summed E-state index contributed by atoms with van der Waals surface area (Å²) < 4.78 is 46.2. The molecule has 2 aromatic heterocycles. The molecule has 1 aliphatic rings. The third kappa shape index (κ3) is 4.46. The van der Waals surface area contributed by atoms with Crippen molar-refractivity contribution in [2.45, 2.75) is 31.9 Å². The summed E-state index contributed by atoms with van der Waals surface area (Å²) in [7, 11) is 1.58. The van der Waals surface area contributed by atoms with Crippen LogP contribution in [0.25, 0.3) is 11.7 Å². The molecule has 0 spiro atoms. The van der Waals surface area contributed by atoms with Crippen molar-refractivity contribution in [2.24, 2.45) is 0 Å². The monoisotopic (exact) mass is 444 g/mol. The lowest BCUT2D eigenvalue weighted by Gasteiger charge is -2.31. The summed E-state index contributed by atoms with van der Waals surface area (Å²) in [5.41, 5.74) is 1.44. The molecule has 1 aromatic carbocycles. The van der Waals surface area contributed by atoms with Gasteiger partial charge in [0, 0.05) is 36.8 Å². The number of piperidine rings is 1. The third-order valence-electron chi connectivity index (χ3n) is 5.64. The minimum atomic E-state index is -4.45. The van der Waals surface area contributed by atoms with Crippen molar-refractivity contribution < 1.29 is 22.7 Å². The van der Waals surface area contributed by atoms with Crippen molar-refractivity contribution in [3.05, 3.63) is 65.1 Å². The molecule has 1 fully saturated rings. The average molecular weight is 444 g/mol. The normalized spacial score (nSPS) is 17.3. The summed E-state index contributed by atoms with van der Waals surface area (Å²) in [5, 5.41) is 8.14. The topological polar surface area (TPSA) is 59.7 Å². The highest BCUT2D eigenvalue weighted by Crippen LogP contribution is 2.31. The Morgan fingerprint density at radius 3 is 2.78 bits per heavy atom. The number of rotatable bonds is 4. The van der Waals surface area contributed by atoms with E-state index in [1.165, 1.54) is 16.5 Å². The van der Waals surface area contributed by atoms with Gasteiger partial charge in [-0.15, -0.1) is 10.2 Å². The number of hydrogen-bond donors (Lipinski definition) is 0. The van der Waals surface area contributed by atoms with Gasteiger partial charge < -0.3 is 9.64 Å². The van der Waals surface area contributed by atoms with E-state index in [0.29, 0.717) is 30.3 Å². The first-order valence-electron chi connectivity index (χ1n) is 10.3. The summed E-state index contributed by atoms with van der Waals surface area (Å²) in [4.78, 5) is 14.5. The van der Waals surface area contributed by atoms with E-state index in [2.05, 4.69) is 10.2 Å². The molecule has 32 heavy (non-hydrogen) atoms. The first-order valence-corrected chi connectivity index (χ1v) is 10.3. The Balaban J connectivity index is 1.54. The number of fused-ring (bicyclic) bond motifs is 1. The standard InChI is InChI=1S/C23H23F3N4O2/c1-15-5-8-19(32-2)16(12-15)6-10-21(31)29-11-3-4-17(13-29)22-28-27-20-9-7-18(14-30(20)22)23(24,25)26/h5-10,12,14,17H,3-4,11,13H2,1-2H3/b10-6+/t17-/m1/s1. The zero-order chi connectivity index (χ0) is 22.9. The van der Waals surface area contributed by atoms with E-state index in [4.69, 9.17) is 4.74 Å². The first-order chi connectivity index (χ1) is 15.3. The summed E-state index contributed by atoms with van der Waals surface area (Å²) in [5.74, 6) is 0.746. The van der Waals surface area contributed by atoms with Crippen LogP contribution < -0.4 is 4.74 Å². The Morgan fingerprint density at radius 2 is 2.03 bits per heavy atom. The molecule has 3 heterocycles. The molecular weight excluding hydrogens is 421 g/mol. The van der Waals surface area contributed by atoms with Crippen LogP contribution in [0, 0.1) is 6.92 Å². The lowest BCUT2D eigenvalue weighted by atomic mass is 9.97. The van der Waals surface area contributed by atoms with Gasteiger partial charge in [0.2, 0.25) is 5.91 Å². The van der Waals surface area contributed by atoms with Gasteiger partial charge in [-0.2, -0.15) is 13.2 Å². The highest BCUT2D eigenvalue weighted by atomic mass is 19.4. The second kappa shape index (κ2) is 8.64. The van der Waals surface area contributed by atoms with Gasteiger partial charge in [-0.05, 0) is 50.1 Å². The van der Waals surface area contributed by atoms with E-state index >= 15 is 0 Å². The van der Waals surface area contributed by atoms with Gasteiger partial charge >= 0.3 is 6.18 Å². The number of alkyl halides is 3. The van der Waals surface area contributed by atoms with Gasteiger partial charge in [0.1, 0.15) is 11.6 Å². The number of likely N-dealkylation sites (tertiary alicyclic amines) is 1. The van der Waals surface area contributed by atoms with E-state index in [0.717, 1.165) is 36.2 Å². The number of carbonyl (C=O) groups is 1. The SMILES string of the molecule is COc1ccc(C)cc1/C=C/C(=O)N1CCC[C@@H](c2nnc3ccc(C(F)(F)F)cn23)C1. The average Bonchev–Trinajstić information content (AvgIpc) is 3.20. The van der Waals surface area contributed by atoms with E-state index in [9.17, 15) is 18.0 Å². The summed E-state index contributed by atoms with van der Waals surface area (Å²) in [6.07, 6.45) is 1.24. The second-order valence-electron chi connectivity index (χ2n) is 7.90. The number of nitrogens with zero attached hydrogens (tertiary/aromatic N) is 4. The Kier molecular flexibility index (Phi) is 5.90. The van der Waals surface area contributed by atoms with E-state index in [1.807, 2.05) is 25.1 Å². The molecule has 0 radical (unpaired) electrons. The van der Waals surface area contributed by atoms with Crippen LogP contribution in [-0.4, -0.2) is 45.6 Å². The first kappa shape index (κ1) is 21.9. The lowest BCUT2D eigenvalue weighted by molar-refractivity contribution is -0.137. The van der Waals surface area contributed by atoms with Crippen molar-refractivity contribution in [3.63, 3.8) is 0 Å². The number of benzene rings is 1.